The Morgan fingerprint density at radius 2 is 1.81 bits per heavy atom. The summed E-state index contributed by atoms with van der Waals surface area (Å²) in [6, 6.07) is 17.5. The van der Waals surface area contributed by atoms with Crippen LogP contribution in [0.2, 0.25) is 5.02 Å². The van der Waals surface area contributed by atoms with Gasteiger partial charge in [-0.15, -0.1) is 5.11 Å². The van der Waals surface area contributed by atoms with E-state index in [0.29, 0.717) is 27.7 Å². The summed E-state index contributed by atoms with van der Waals surface area (Å²) in [6.07, 6.45) is 1.32. The molecule has 0 saturated heterocycles. The first kappa shape index (κ1) is 22.0. The van der Waals surface area contributed by atoms with Gasteiger partial charge in [-0.3, -0.25) is 4.79 Å². The summed E-state index contributed by atoms with van der Waals surface area (Å²) < 4.78 is 5.59. The molecule has 8 heteroatoms. The number of nitrogens with one attached hydrogen (secondary N) is 1. The van der Waals surface area contributed by atoms with Crippen molar-refractivity contribution in [1.82, 2.24) is 5.43 Å². The summed E-state index contributed by atoms with van der Waals surface area (Å²) in [5.74, 6) is 0.241. The number of amides is 1. The Labute approximate surface area is 185 Å². The molecule has 7 nitrogen and oxygen atoms in total. The Morgan fingerprint density at radius 1 is 1.06 bits per heavy atom. The molecular formula is C23H21ClN4O3. The maximum atomic E-state index is 12.0. The van der Waals surface area contributed by atoms with Crippen LogP contribution in [0, 0.1) is 13.8 Å². The highest BCUT2D eigenvalue weighted by Gasteiger charge is 2.07. The Morgan fingerprint density at radius 3 is 2.55 bits per heavy atom. The highest BCUT2D eigenvalue weighted by Crippen LogP contribution is 2.28. The topological polar surface area (TPSA) is 95.6 Å². The van der Waals surface area contributed by atoms with Gasteiger partial charge in [0.15, 0.2) is 6.61 Å². The third-order valence-electron chi connectivity index (χ3n) is 4.29. The second-order valence-electron chi connectivity index (χ2n) is 6.70. The molecule has 3 rings (SSSR count). The number of ether oxygens (including phenoxy) is 1. The number of nitrogens with zero attached hydrogens (tertiary/aromatic N) is 3. The van der Waals surface area contributed by atoms with Gasteiger partial charge in [-0.2, -0.15) is 10.2 Å². The molecule has 31 heavy (non-hydrogen) atoms. The van der Waals surface area contributed by atoms with Crippen molar-refractivity contribution in [2.75, 3.05) is 6.61 Å². The minimum absolute atomic E-state index is 0.0125. The molecule has 0 saturated carbocycles. The van der Waals surface area contributed by atoms with E-state index in [0.717, 1.165) is 11.1 Å². The van der Waals surface area contributed by atoms with Crippen LogP contribution in [0.25, 0.3) is 0 Å². The third-order valence-corrected chi connectivity index (χ3v) is 4.61. The summed E-state index contributed by atoms with van der Waals surface area (Å²) >= 11 is 6.06. The molecule has 0 aliphatic rings. The predicted molar refractivity (Wildman–Crippen MR) is 121 cm³/mol. The number of carbonyl (C=O) groups is 1. The number of hydrazone groups is 1. The predicted octanol–water partition coefficient (Wildman–Crippen LogP) is 5.61. The molecule has 3 aromatic carbocycles. The molecule has 158 valence electrons. The molecule has 1 amide bonds. The zero-order valence-corrected chi connectivity index (χ0v) is 17.8. The highest BCUT2D eigenvalue weighted by atomic mass is 35.5. The van der Waals surface area contributed by atoms with Crippen molar-refractivity contribution >= 4 is 35.1 Å². The van der Waals surface area contributed by atoms with E-state index in [1.165, 1.54) is 12.3 Å². The summed E-state index contributed by atoms with van der Waals surface area (Å²) in [6.45, 7) is 3.65. The van der Waals surface area contributed by atoms with E-state index >= 15 is 0 Å². The number of para-hydroxylation sites is 1. The second kappa shape index (κ2) is 10.4. The number of aromatic hydroxyl groups is 1. The average molecular weight is 437 g/mol. The average Bonchev–Trinajstić information content (AvgIpc) is 2.74. The molecule has 0 atom stereocenters. The molecule has 0 heterocycles. The summed E-state index contributed by atoms with van der Waals surface area (Å²) in [5.41, 5.74) is 5.66. The summed E-state index contributed by atoms with van der Waals surface area (Å²) in [5, 5.41) is 22.6. The summed E-state index contributed by atoms with van der Waals surface area (Å²) in [4.78, 5) is 12.0. The monoisotopic (exact) mass is 436 g/mol. The number of rotatable bonds is 7. The smallest absolute Gasteiger partial charge is 0.277 e. The molecule has 0 spiro atoms. The number of aryl methyl sites for hydroxylation is 2. The van der Waals surface area contributed by atoms with Gasteiger partial charge in [0, 0.05) is 5.56 Å². The Hall–Kier alpha value is -3.71. The normalized spacial score (nSPS) is 11.2. The zero-order valence-electron chi connectivity index (χ0n) is 17.0. The van der Waals surface area contributed by atoms with Crippen LogP contribution in [0.4, 0.5) is 11.4 Å². The van der Waals surface area contributed by atoms with Crippen LogP contribution in [-0.2, 0) is 4.79 Å². The van der Waals surface area contributed by atoms with Gasteiger partial charge in [0.25, 0.3) is 5.91 Å². The first-order valence-corrected chi connectivity index (χ1v) is 9.82. The second-order valence-corrected chi connectivity index (χ2v) is 7.10. The van der Waals surface area contributed by atoms with E-state index < -0.39 is 5.91 Å². The fraction of sp³-hybridized carbons (Fsp3) is 0.130. The maximum absolute atomic E-state index is 12.0. The first-order chi connectivity index (χ1) is 14.9. The molecule has 2 N–H and O–H groups in total. The number of azo groups is 1. The van der Waals surface area contributed by atoms with Crippen LogP contribution in [0.3, 0.4) is 0 Å². The van der Waals surface area contributed by atoms with Crippen molar-refractivity contribution in [3.8, 4) is 11.5 Å². The van der Waals surface area contributed by atoms with Crippen molar-refractivity contribution in [3.63, 3.8) is 0 Å². The van der Waals surface area contributed by atoms with Crippen molar-refractivity contribution in [1.29, 1.82) is 0 Å². The molecule has 0 aromatic heterocycles. The number of phenols is 1. The van der Waals surface area contributed by atoms with Gasteiger partial charge < -0.3 is 9.84 Å². The van der Waals surface area contributed by atoms with Crippen LogP contribution in [0.15, 0.2) is 76.0 Å². The van der Waals surface area contributed by atoms with E-state index in [9.17, 15) is 9.90 Å². The van der Waals surface area contributed by atoms with Gasteiger partial charge in [-0.1, -0.05) is 41.9 Å². The van der Waals surface area contributed by atoms with Gasteiger partial charge in [-0.05, 0) is 55.3 Å². The highest BCUT2D eigenvalue weighted by molar-refractivity contribution is 6.32. The molecule has 0 radical (unpaired) electrons. The number of phenolic OH excluding ortho intramolecular Hbond substituents is 1. The van der Waals surface area contributed by atoms with Crippen molar-refractivity contribution in [3.05, 3.63) is 82.4 Å². The number of benzene rings is 3. The molecule has 0 bridgehead atoms. The van der Waals surface area contributed by atoms with Gasteiger partial charge in [0.05, 0.1) is 16.9 Å². The van der Waals surface area contributed by atoms with Crippen LogP contribution in [0.1, 0.15) is 16.7 Å². The van der Waals surface area contributed by atoms with Gasteiger partial charge in [-0.25, -0.2) is 5.43 Å². The van der Waals surface area contributed by atoms with Gasteiger partial charge in [0.1, 0.15) is 17.2 Å². The fourth-order valence-electron chi connectivity index (χ4n) is 2.72. The largest absolute Gasteiger partial charge is 0.507 e. The van der Waals surface area contributed by atoms with E-state index in [4.69, 9.17) is 16.3 Å². The van der Waals surface area contributed by atoms with E-state index in [1.54, 1.807) is 30.3 Å². The quantitative estimate of drug-likeness (QED) is 0.286. The molecule has 0 unspecified atom stereocenters. The van der Waals surface area contributed by atoms with Crippen molar-refractivity contribution in [2.24, 2.45) is 15.3 Å². The molecule has 0 aliphatic heterocycles. The molecule has 0 aliphatic carbocycles. The lowest BCUT2D eigenvalue weighted by molar-refractivity contribution is -0.123. The minimum atomic E-state index is -0.423. The number of halogens is 1. The molecular weight excluding hydrogens is 416 g/mol. The van der Waals surface area contributed by atoms with Crippen molar-refractivity contribution in [2.45, 2.75) is 13.8 Å². The molecule has 3 aromatic rings. The molecule has 0 fully saturated rings. The van der Waals surface area contributed by atoms with Gasteiger partial charge in [0.2, 0.25) is 0 Å². The first-order valence-electron chi connectivity index (χ1n) is 9.44. The van der Waals surface area contributed by atoms with Crippen LogP contribution in [-0.4, -0.2) is 23.8 Å². The summed E-state index contributed by atoms with van der Waals surface area (Å²) in [7, 11) is 0. The van der Waals surface area contributed by atoms with Crippen molar-refractivity contribution < 1.29 is 14.6 Å². The van der Waals surface area contributed by atoms with Crippen LogP contribution in [0.5, 0.6) is 11.5 Å². The Balaban J connectivity index is 1.61. The Bertz CT molecular complexity index is 1130. The zero-order chi connectivity index (χ0) is 22.2. The van der Waals surface area contributed by atoms with Crippen LogP contribution < -0.4 is 10.2 Å². The lowest BCUT2D eigenvalue weighted by atomic mass is 10.1. The number of carbonyl (C=O) groups excluding carboxylic acids is 1. The van der Waals surface area contributed by atoms with Gasteiger partial charge >= 0.3 is 0 Å². The van der Waals surface area contributed by atoms with Crippen LogP contribution >= 0.6 is 11.6 Å². The fourth-order valence-corrected chi connectivity index (χ4v) is 2.90. The lowest BCUT2D eigenvalue weighted by Gasteiger charge is -2.10. The number of hydrogen-bond acceptors (Lipinski definition) is 6. The lowest BCUT2D eigenvalue weighted by Crippen LogP contribution is -2.25. The third kappa shape index (κ3) is 6.13. The minimum Gasteiger partial charge on any atom is -0.507 e. The number of hydrogen-bond donors (Lipinski definition) is 2. The van der Waals surface area contributed by atoms with E-state index in [-0.39, 0.29) is 12.4 Å². The van der Waals surface area contributed by atoms with E-state index in [1.807, 2.05) is 38.1 Å². The van der Waals surface area contributed by atoms with E-state index in [2.05, 4.69) is 20.8 Å². The standard InChI is InChI=1S/C23H21ClN4O3/c1-15-6-5-7-16(2)23(15)31-14-22(30)28-25-13-17-12-18(10-11-21(17)29)26-27-20-9-4-3-8-19(20)24/h3-13,29H,14H2,1-2H3,(H,28,30). The maximum Gasteiger partial charge on any atom is 0.277 e. The Kier molecular flexibility index (Phi) is 7.35. The SMILES string of the molecule is Cc1cccc(C)c1OCC(=O)NN=Cc1cc(N=Nc2ccccc2Cl)ccc1O.